The maximum Gasteiger partial charge on any atom is 0.234 e. The first kappa shape index (κ1) is 15.5. The summed E-state index contributed by atoms with van der Waals surface area (Å²) in [5.41, 5.74) is 1.10. The van der Waals surface area contributed by atoms with Gasteiger partial charge < -0.3 is 10.6 Å². The molecule has 0 bridgehead atoms. The molecule has 1 heterocycles. The Morgan fingerprint density at radius 2 is 2.05 bits per heavy atom. The minimum absolute atomic E-state index is 0.00428. The molecule has 1 saturated heterocycles. The molecule has 114 valence electrons. The Bertz CT molecular complexity index is 476. The molecular weight excluding hydrogens is 266 g/mol. The maximum atomic E-state index is 12.0. The van der Waals surface area contributed by atoms with Crippen LogP contribution in [0.5, 0.6) is 0 Å². The fraction of sp³-hybridized carbons (Fsp3) is 0.500. The smallest absolute Gasteiger partial charge is 0.234 e. The van der Waals surface area contributed by atoms with E-state index in [-0.39, 0.29) is 17.9 Å². The molecule has 21 heavy (non-hydrogen) atoms. The summed E-state index contributed by atoms with van der Waals surface area (Å²) in [6.45, 7) is 4.14. The molecule has 0 aromatic heterocycles. The predicted molar refractivity (Wildman–Crippen MR) is 81.6 cm³/mol. The molecule has 1 atom stereocenters. The largest absolute Gasteiger partial charge is 0.352 e. The monoisotopic (exact) mass is 289 g/mol. The molecule has 0 spiro atoms. The zero-order valence-electron chi connectivity index (χ0n) is 12.5. The van der Waals surface area contributed by atoms with Crippen LogP contribution in [-0.4, -0.2) is 42.4 Å². The molecule has 1 aliphatic heterocycles. The van der Waals surface area contributed by atoms with E-state index in [0.717, 1.165) is 31.5 Å². The first-order chi connectivity index (χ1) is 10.1. The van der Waals surface area contributed by atoms with Gasteiger partial charge >= 0.3 is 0 Å². The molecule has 2 rings (SSSR count). The summed E-state index contributed by atoms with van der Waals surface area (Å²) in [7, 11) is 0. The molecular formula is C16H23N3O2. The van der Waals surface area contributed by atoms with E-state index in [9.17, 15) is 9.59 Å². The van der Waals surface area contributed by atoms with Crippen molar-refractivity contribution in [2.45, 2.75) is 32.4 Å². The van der Waals surface area contributed by atoms with Crippen LogP contribution in [0.25, 0.3) is 0 Å². The van der Waals surface area contributed by atoms with E-state index in [0.29, 0.717) is 13.1 Å². The van der Waals surface area contributed by atoms with E-state index in [1.807, 2.05) is 30.3 Å². The molecule has 0 saturated carbocycles. The van der Waals surface area contributed by atoms with Crippen molar-refractivity contribution in [3.63, 3.8) is 0 Å². The van der Waals surface area contributed by atoms with Gasteiger partial charge in [0.1, 0.15) is 0 Å². The van der Waals surface area contributed by atoms with E-state index in [4.69, 9.17) is 0 Å². The zero-order chi connectivity index (χ0) is 15.1. The molecule has 2 N–H and O–H groups in total. The summed E-state index contributed by atoms with van der Waals surface area (Å²) < 4.78 is 0. The average molecular weight is 289 g/mol. The fourth-order valence-corrected chi connectivity index (χ4v) is 2.66. The van der Waals surface area contributed by atoms with Gasteiger partial charge in [0.05, 0.1) is 6.54 Å². The van der Waals surface area contributed by atoms with Gasteiger partial charge in [-0.25, -0.2) is 0 Å². The van der Waals surface area contributed by atoms with Crippen LogP contribution in [0.4, 0.5) is 0 Å². The van der Waals surface area contributed by atoms with Crippen LogP contribution in [0.1, 0.15) is 25.3 Å². The highest BCUT2D eigenvalue weighted by Crippen LogP contribution is 2.09. The van der Waals surface area contributed by atoms with Crippen molar-refractivity contribution in [2.75, 3.05) is 19.6 Å². The number of rotatable bonds is 5. The number of hydrogen-bond donors (Lipinski definition) is 2. The highest BCUT2D eigenvalue weighted by atomic mass is 16.2. The molecule has 0 radical (unpaired) electrons. The maximum absolute atomic E-state index is 12.0. The Balaban J connectivity index is 1.73. The van der Waals surface area contributed by atoms with Crippen LogP contribution < -0.4 is 10.6 Å². The lowest BCUT2D eigenvalue weighted by Crippen LogP contribution is -2.49. The van der Waals surface area contributed by atoms with Crippen LogP contribution >= 0.6 is 0 Å². The van der Waals surface area contributed by atoms with E-state index >= 15 is 0 Å². The zero-order valence-corrected chi connectivity index (χ0v) is 12.5. The Labute approximate surface area is 125 Å². The number of nitrogens with zero attached hydrogens (tertiary/aromatic N) is 1. The van der Waals surface area contributed by atoms with Gasteiger partial charge in [0.25, 0.3) is 0 Å². The topological polar surface area (TPSA) is 61.4 Å². The second-order valence-electron chi connectivity index (χ2n) is 5.54. The fourth-order valence-electron chi connectivity index (χ4n) is 2.66. The van der Waals surface area contributed by atoms with Crippen molar-refractivity contribution < 1.29 is 9.59 Å². The summed E-state index contributed by atoms with van der Waals surface area (Å²) in [5.74, 6) is 0.0257. The van der Waals surface area contributed by atoms with Gasteiger partial charge in [0, 0.05) is 26.1 Å². The van der Waals surface area contributed by atoms with Crippen molar-refractivity contribution in [2.24, 2.45) is 0 Å². The van der Waals surface area contributed by atoms with Crippen LogP contribution in [0.2, 0.25) is 0 Å². The van der Waals surface area contributed by atoms with Crippen molar-refractivity contribution in [3.05, 3.63) is 35.9 Å². The highest BCUT2D eigenvalue weighted by molar-refractivity contribution is 5.78. The molecule has 1 aromatic rings. The number of likely N-dealkylation sites (tertiary alicyclic amines) is 1. The van der Waals surface area contributed by atoms with Gasteiger partial charge in [-0.1, -0.05) is 30.3 Å². The number of benzene rings is 1. The third-order valence-corrected chi connectivity index (χ3v) is 3.61. The molecule has 1 fully saturated rings. The molecule has 5 heteroatoms. The number of piperidine rings is 1. The van der Waals surface area contributed by atoms with Gasteiger partial charge in [-0.3, -0.25) is 14.5 Å². The summed E-state index contributed by atoms with van der Waals surface area (Å²) >= 11 is 0. The minimum atomic E-state index is -0.00428. The van der Waals surface area contributed by atoms with Gasteiger partial charge in [-0.05, 0) is 24.9 Å². The third kappa shape index (κ3) is 5.55. The Hall–Kier alpha value is -1.88. The lowest BCUT2D eigenvalue weighted by molar-refractivity contribution is -0.122. The lowest BCUT2D eigenvalue weighted by Gasteiger charge is -2.32. The van der Waals surface area contributed by atoms with Gasteiger partial charge in [0.15, 0.2) is 0 Å². The Morgan fingerprint density at radius 1 is 1.29 bits per heavy atom. The molecule has 5 nitrogen and oxygen atoms in total. The van der Waals surface area contributed by atoms with E-state index in [2.05, 4.69) is 15.5 Å². The van der Waals surface area contributed by atoms with E-state index in [1.165, 1.54) is 6.92 Å². The molecule has 0 aliphatic carbocycles. The quantitative estimate of drug-likeness (QED) is 0.847. The predicted octanol–water partition coefficient (Wildman–Crippen LogP) is 0.903. The molecule has 1 aliphatic rings. The standard InChI is InChI=1S/C16H23N3O2/c1-13(20)18-15-8-5-9-19(11-15)12-16(21)17-10-14-6-3-2-4-7-14/h2-4,6-7,15H,5,8-12H2,1H3,(H,17,21)(H,18,20). The number of carbonyl (C=O) groups excluding carboxylic acids is 2. The highest BCUT2D eigenvalue weighted by Gasteiger charge is 2.21. The van der Waals surface area contributed by atoms with E-state index in [1.54, 1.807) is 0 Å². The third-order valence-electron chi connectivity index (χ3n) is 3.61. The number of carbonyl (C=O) groups is 2. The van der Waals surface area contributed by atoms with Crippen molar-refractivity contribution in [1.82, 2.24) is 15.5 Å². The second kappa shape index (κ2) is 7.78. The number of nitrogens with one attached hydrogen (secondary N) is 2. The Morgan fingerprint density at radius 3 is 2.76 bits per heavy atom. The van der Waals surface area contributed by atoms with Gasteiger partial charge in [0.2, 0.25) is 11.8 Å². The van der Waals surface area contributed by atoms with Crippen LogP contribution in [0.3, 0.4) is 0 Å². The van der Waals surface area contributed by atoms with Gasteiger partial charge in [-0.2, -0.15) is 0 Å². The lowest BCUT2D eigenvalue weighted by atomic mass is 10.1. The summed E-state index contributed by atoms with van der Waals surface area (Å²) in [6, 6.07) is 10.0. The summed E-state index contributed by atoms with van der Waals surface area (Å²) in [4.78, 5) is 25.2. The molecule has 2 amide bonds. The normalized spacial score (nSPS) is 19.0. The van der Waals surface area contributed by atoms with Crippen molar-refractivity contribution >= 4 is 11.8 Å². The molecule has 1 unspecified atom stereocenters. The number of hydrogen-bond acceptors (Lipinski definition) is 3. The average Bonchev–Trinajstić information content (AvgIpc) is 2.46. The van der Waals surface area contributed by atoms with Crippen LogP contribution in [0.15, 0.2) is 30.3 Å². The molecule has 1 aromatic carbocycles. The van der Waals surface area contributed by atoms with Crippen molar-refractivity contribution in [1.29, 1.82) is 0 Å². The van der Waals surface area contributed by atoms with E-state index < -0.39 is 0 Å². The Kier molecular flexibility index (Phi) is 5.75. The number of amides is 2. The SMILES string of the molecule is CC(=O)NC1CCCN(CC(=O)NCc2ccccc2)C1. The van der Waals surface area contributed by atoms with Crippen LogP contribution in [0, 0.1) is 0 Å². The van der Waals surface area contributed by atoms with Gasteiger partial charge in [-0.15, -0.1) is 0 Å². The first-order valence-corrected chi connectivity index (χ1v) is 7.43. The summed E-state index contributed by atoms with van der Waals surface area (Å²) in [6.07, 6.45) is 2.00. The first-order valence-electron chi connectivity index (χ1n) is 7.43. The summed E-state index contributed by atoms with van der Waals surface area (Å²) in [5, 5.41) is 5.86. The second-order valence-corrected chi connectivity index (χ2v) is 5.54. The van der Waals surface area contributed by atoms with Crippen LogP contribution in [-0.2, 0) is 16.1 Å². The van der Waals surface area contributed by atoms with Crippen molar-refractivity contribution in [3.8, 4) is 0 Å². The minimum Gasteiger partial charge on any atom is -0.352 e.